The van der Waals surface area contributed by atoms with Gasteiger partial charge in [-0.15, -0.1) is 0 Å². The lowest BCUT2D eigenvalue weighted by Crippen LogP contribution is -2.27. The standard InChI is InChI=1S/C10H16BrN3O2S/c1-4-14-10(15)9(11)8(5-12-14)13-7(2)6-17(3)16/h5,7,13H,4,6H2,1-3H3. The zero-order valence-corrected chi connectivity index (χ0v) is 12.5. The van der Waals surface area contributed by atoms with Crippen molar-refractivity contribution in [3.8, 4) is 0 Å². The smallest absolute Gasteiger partial charge is 0.283 e. The predicted molar refractivity (Wildman–Crippen MR) is 73.9 cm³/mol. The zero-order chi connectivity index (χ0) is 13.0. The quantitative estimate of drug-likeness (QED) is 0.885. The van der Waals surface area contributed by atoms with Crippen molar-refractivity contribution in [2.45, 2.75) is 26.4 Å². The molecule has 0 spiro atoms. The van der Waals surface area contributed by atoms with Crippen molar-refractivity contribution in [1.82, 2.24) is 9.78 Å². The van der Waals surface area contributed by atoms with E-state index in [1.165, 1.54) is 4.68 Å². The number of nitrogens with one attached hydrogen (secondary N) is 1. The fraction of sp³-hybridized carbons (Fsp3) is 0.600. The van der Waals surface area contributed by atoms with Crippen LogP contribution in [0.15, 0.2) is 15.5 Å². The van der Waals surface area contributed by atoms with Gasteiger partial charge in [-0.05, 0) is 29.8 Å². The molecule has 0 saturated heterocycles. The molecule has 0 bridgehead atoms. The van der Waals surface area contributed by atoms with Gasteiger partial charge < -0.3 is 5.32 Å². The van der Waals surface area contributed by atoms with Crippen molar-refractivity contribution in [3.05, 3.63) is 21.0 Å². The summed E-state index contributed by atoms with van der Waals surface area (Å²) >= 11 is 3.25. The van der Waals surface area contributed by atoms with Crippen LogP contribution in [0.25, 0.3) is 0 Å². The topological polar surface area (TPSA) is 64.0 Å². The number of hydrogen-bond donors (Lipinski definition) is 1. The molecular formula is C10H16BrN3O2S. The lowest BCUT2D eigenvalue weighted by Gasteiger charge is -2.15. The second kappa shape index (κ2) is 6.30. The highest BCUT2D eigenvalue weighted by Crippen LogP contribution is 2.17. The fourth-order valence-corrected chi connectivity index (χ4v) is 2.66. The van der Waals surface area contributed by atoms with Gasteiger partial charge in [0.1, 0.15) is 4.47 Å². The van der Waals surface area contributed by atoms with Crippen LogP contribution in [0.3, 0.4) is 0 Å². The second-order valence-corrected chi connectivity index (χ2v) is 6.05. The summed E-state index contributed by atoms with van der Waals surface area (Å²) in [5, 5.41) is 7.14. The van der Waals surface area contributed by atoms with Crippen molar-refractivity contribution >= 4 is 32.4 Å². The van der Waals surface area contributed by atoms with Gasteiger partial charge in [0.2, 0.25) is 0 Å². The first kappa shape index (κ1) is 14.4. The van der Waals surface area contributed by atoms with E-state index >= 15 is 0 Å². The fourth-order valence-electron chi connectivity index (χ4n) is 1.45. The molecule has 1 aromatic heterocycles. The lowest BCUT2D eigenvalue weighted by molar-refractivity contribution is 0.612. The minimum atomic E-state index is -0.869. The van der Waals surface area contributed by atoms with Gasteiger partial charge in [0.15, 0.2) is 0 Å². The summed E-state index contributed by atoms with van der Waals surface area (Å²) in [6, 6.07) is 0.0239. The summed E-state index contributed by atoms with van der Waals surface area (Å²) in [5.41, 5.74) is 0.472. The first-order valence-corrected chi connectivity index (χ1v) is 7.79. The van der Waals surface area contributed by atoms with E-state index in [0.29, 0.717) is 22.5 Å². The molecule has 0 aliphatic carbocycles. The SMILES string of the molecule is CCn1ncc(NC(C)CS(C)=O)c(Br)c1=O. The third-order valence-corrected chi connectivity index (χ3v) is 3.91. The van der Waals surface area contributed by atoms with Gasteiger partial charge >= 0.3 is 0 Å². The van der Waals surface area contributed by atoms with Gasteiger partial charge in [-0.1, -0.05) is 0 Å². The average molecular weight is 322 g/mol. The Morgan fingerprint density at radius 2 is 2.29 bits per heavy atom. The lowest BCUT2D eigenvalue weighted by atomic mass is 10.3. The monoisotopic (exact) mass is 321 g/mol. The van der Waals surface area contributed by atoms with Gasteiger partial charge in [0, 0.05) is 35.4 Å². The number of hydrogen-bond acceptors (Lipinski definition) is 4. The molecule has 96 valence electrons. The third kappa shape index (κ3) is 3.92. The van der Waals surface area contributed by atoms with E-state index in [1.54, 1.807) is 12.5 Å². The first-order valence-electron chi connectivity index (χ1n) is 5.27. The molecule has 2 unspecified atom stereocenters. The van der Waals surface area contributed by atoms with Crippen LogP contribution in [0.4, 0.5) is 5.69 Å². The Kier molecular flexibility index (Phi) is 5.32. The molecule has 0 fully saturated rings. The first-order chi connectivity index (χ1) is 7.95. The average Bonchev–Trinajstić information content (AvgIpc) is 2.24. The van der Waals surface area contributed by atoms with Crippen LogP contribution in [-0.4, -0.2) is 32.0 Å². The van der Waals surface area contributed by atoms with Crippen LogP contribution in [0, 0.1) is 0 Å². The van der Waals surface area contributed by atoms with E-state index in [-0.39, 0.29) is 11.6 Å². The molecule has 1 heterocycles. The molecule has 1 aromatic rings. The highest BCUT2D eigenvalue weighted by Gasteiger charge is 2.11. The molecule has 2 atom stereocenters. The summed E-state index contributed by atoms with van der Waals surface area (Å²) in [4.78, 5) is 11.8. The van der Waals surface area contributed by atoms with Crippen molar-refractivity contribution in [2.75, 3.05) is 17.3 Å². The highest BCUT2D eigenvalue weighted by atomic mass is 79.9. The van der Waals surface area contributed by atoms with Crippen molar-refractivity contribution in [2.24, 2.45) is 0 Å². The Hall–Kier alpha value is -0.690. The maximum Gasteiger partial charge on any atom is 0.283 e. The van der Waals surface area contributed by atoms with Gasteiger partial charge in [-0.3, -0.25) is 9.00 Å². The summed E-state index contributed by atoms with van der Waals surface area (Å²) in [6.07, 6.45) is 3.25. The molecule has 0 aliphatic heterocycles. The summed E-state index contributed by atoms with van der Waals surface area (Å²) in [7, 11) is -0.869. The normalized spacial score (nSPS) is 14.4. The highest BCUT2D eigenvalue weighted by molar-refractivity contribution is 9.10. The molecular weight excluding hydrogens is 306 g/mol. The van der Waals surface area contributed by atoms with Gasteiger partial charge in [-0.2, -0.15) is 5.10 Å². The number of nitrogens with zero attached hydrogens (tertiary/aromatic N) is 2. The molecule has 5 nitrogen and oxygen atoms in total. The van der Waals surface area contributed by atoms with E-state index in [4.69, 9.17) is 0 Å². The van der Waals surface area contributed by atoms with E-state index < -0.39 is 10.8 Å². The molecule has 7 heteroatoms. The summed E-state index contributed by atoms with van der Waals surface area (Å²) in [5.74, 6) is 0.531. The van der Waals surface area contributed by atoms with Gasteiger partial charge in [0.05, 0.1) is 11.9 Å². The Balaban J connectivity index is 2.90. The van der Waals surface area contributed by atoms with Crippen molar-refractivity contribution < 1.29 is 4.21 Å². The Morgan fingerprint density at radius 3 is 2.82 bits per heavy atom. The minimum Gasteiger partial charge on any atom is -0.379 e. The molecule has 0 radical (unpaired) electrons. The van der Waals surface area contributed by atoms with Crippen LogP contribution in [0.5, 0.6) is 0 Å². The van der Waals surface area contributed by atoms with E-state index in [1.807, 2.05) is 13.8 Å². The summed E-state index contributed by atoms with van der Waals surface area (Å²) < 4.78 is 12.9. The van der Waals surface area contributed by atoms with Crippen molar-refractivity contribution in [1.29, 1.82) is 0 Å². The van der Waals surface area contributed by atoms with E-state index in [0.717, 1.165) is 0 Å². The third-order valence-electron chi connectivity index (χ3n) is 2.17. The molecule has 0 amide bonds. The molecule has 0 aliphatic rings. The number of aromatic nitrogens is 2. The number of anilines is 1. The van der Waals surface area contributed by atoms with E-state index in [2.05, 4.69) is 26.3 Å². The van der Waals surface area contributed by atoms with Gasteiger partial charge in [0.25, 0.3) is 5.56 Å². The van der Waals surface area contributed by atoms with Crippen molar-refractivity contribution in [3.63, 3.8) is 0 Å². The maximum atomic E-state index is 11.8. The van der Waals surface area contributed by atoms with Crippen LogP contribution >= 0.6 is 15.9 Å². The molecule has 0 aromatic carbocycles. The summed E-state index contributed by atoms with van der Waals surface area (Å²) in [6.45, 7) is 4.31. The van der Waals surface area contributed by atoms with Crippen LogP contribution in [0.1, 0.15) is 13.8 Å². The van der Waals surface area contributed by atoms with Crippen LogP contribution in [0.2, 0.25) is 0 Å². The molecule has 0 saturated carbocycles. The zero-order valence-electron chi connectivity index (χ0n) is 10.1. The number of rotatable bonds is 5. The Labute approximate surface area is 111 Å². The van der Waals surface area contributed by atoms with Crippen LogP contribution < -0.4 is 10.9 Å². The van der Waals surface area contributed by atoms with Crippen LogP contribution in [-0.2, 0) is 17.3 Å². The predicted octanol–water partition coefficient (Wildman–Crippen LogP) is 1.20. The molecule has 1 rings (SSSR count). The molecule has 1 N–H and O–H groups in total. The maximum absolute atomic E-state index is 11.8. The van der Waals surface area contributed by atoms with E-state index in [9.17, 15) is 9.00 Å². The largest absolute Gasteiger partial charge is 0.379 e. The number of aryl methyl sites for hydroxylation is 1. The minimum absolute atomic E-state index is 0.0239. The Morgan fingerprint density at radius 1 is 1.65 bits per heavy atom. The van der Waals surface area contributed by atoms with Gasteiger partial charge in [-0.25, -0.2) is 4.68 Å². The Bertz CT molecular complexity index is 475. The second-order valence-electron chi connectivity index (χ2n) is 3.78. The molecule has 17 heavy (non-hydrogen) atoms. The number of halogens is 1.